The van der Waals surface area contributed by atoms with Crippen molar-refractivity contribution in [3.8, 4) is 11.1 Å². The molecule has 1 unspecified atom stereocenters. The second-order valence-electron chi connectivity index (χ2n) is 11.2. The molecule has 2 aromatic heterocycles. The summed E-state index contributed by atoms with van der Waals surface area (Å²) in [7, 11) is 2.20. The highest BCUT2D eigenvalue weighted by Gasteiger charge is 2.24. The first kappa shape index (κ1) is 26.1. The van der Waals surface area contributed by atoms with Crippen LogP contribution < -0.4 is 5.32 Å². The SMILES string of the molecule is CCCC(CC)Nc1ncc2c(-c3ccc(CN4CCN(C)CC4)cc3)cn(C3CCC(O)CC3)c2n1. The van der Waals surface area contributed by atoms with Crippen LogP contribution in [0.3, 0.4) is 0 Å². The second kappa shape index (κ2) is 11.9. The van der Waals surface area contributed by atoms with Crippen molar-refractivity contribution in [1.82, 2.24) is 24.3 Å². The van der Waals surface area contributed by atoms with Gasteiger partial charge in [0.05, 0.1) is 6.10 Å². The van der Waals surface area contributed by atoms with E-state index in [9.17, 15) is 5.11 Å². The highest BCUT2D eigenvalue weighted by atomic mass is 16.3. The van der Waals surface area contributed by atoms with Gasteiger partial charge in [0.1, 0.15) is 5.65 Å². The number of aliphatic hydroxyl groups is 1. The molecule has 5 rings (SSSR count). The topological polar surface area (TPSA) is 69.5 Å². The number of likely N-dealkylation sites (N-methyl/N-ethyl adjacent to an activating group) is 1. The van der Waals surface area contributed by atoms with Crippen molar-refractivity contribution in [1.29, 1.82) is 0 Å². The van der Waals surface area contributed by atoms with Gasteiger partial charge in [-0.15, -0.1) is 0 Å². The Morgan fingerprint density at radius 3 is 2.43 bits per heavy atom. The lowest BCUT2D eigenvalue weighted by Gasteiger charge is -2.32. The first-order chi connectivity index (χ1) is 18.0. The summed E-state index contributed by atoms with van der Waals surface area (Å²) in [5.74, 6) is 0.720. The molecule has 0 spiro atoms. The molecule has 200 valence electrons. The molecular weight excluding hydrogens is 460 g/mol. The van der Waals surface area contributed by atoms with Crippen molar-refractivity contribution in [2.75, 3.05) is 38.5 Å². The molecule has 7 nitrogen and oxygen atoms in total. The standard InChI is InChI=1S/C30H44N6O/c1-4-6-24(5-2)32-30-31-19-27-28(21-36(29(27)33-30)25-11-13-26(37)14-12-25)23-9-7-22(8-10-23)20-35-17-15-34(3)16-18-35/h7-10,19,21,24-26,37H,4-6,11-18,20H2,1-3H3,(H,31,32,33). The Kier molecular flexibility index (Phi) is 8.43. The molecule has 0 amide bonds. The van der Waals surface area contributed by atoms with Gasteiger partial charge < -0.3 is 19.9 Å². The Bertz CT molecular complexity index is 1140. The molecule has 1 saturated carbocycles. The van der Waals surface area contributed by atoms with Crippen LogP contribution in [0.15, 0.2) is 36.7 Å². The number of rotatable bonds is 9. The molecule has 1 aliphatic heterocycles. The molecule has 1 atom stereocenters. The minimum Gasteiger partial charge on any atom is -0.393 e. The van der Waals surface area contributed by atoms with E-state index in [1.54, 1.807) is 0 Å². The van der Waals surface area contributed by atoms with Gasteiger partial charge in [0.15, 0.2) is 0 Å². The lowest BCUT2D eigenvalue weighted by atomic mass is 9.93. The number of aromatic nitrogens is 3. The molecule has 1 aliphatic carbocycles. The van der Waals surface area contributed by atoms with Crippen LogP contribution in [0, 0.1) is 0 Å². The molecule has 2 N–H and O–H groups in total. The number of hydrogen-bond acceptors (Lipinski definition) is 6. The van der Waals surface area contributed by atoms with Crippen molar-refractivity contribution in [3.63, 3.8) is 0 Å². The van der Waals surface area contributed by atoms with Gasteiger partial charge in [-0.05, 0) is 56.7 Å². The van der Waals surface area contributed by atoms with Crippen molar-refractivity contribution < 1.29 is 5.11 Å². The molecule has 2 fully saturated rings. The van der Waals surface area contributed by atoms with E-state index in [1.165, 1.54) is 16.7 Å². The third kappa shape index (κ3) is 6.16. The number of fused-ring (bicyclic) bond motifs is 1. The van der Waals surface area contributed by atoms with E-state index in [1.807, 2.05) is 6.20 Å². The Morgan fingerprint density at radius 2 is 1.76 bits per heavy atom. The van der Waals surface area contributed by atoms with E-state index >= 15 is 0 Å². The fraction of sp³-hybridized carbons (Fsp3) is 0.600. The minimum atomic E-state index is -0.170. The third-order valence-corrected chi connectivity index (χ3v) is 8.36. The van der Waals surface area contributed by atoms with Gasteiger partial charge in [-0.2, -0.15) is 4.98 Å². The Balaban J connectivity index is 1.43. The minimum absolute atomic E-state index is 0.170. The molecule has 3 heterocycles. The van der Waals surface area contributed by atoms with Crippen LogP contribution in [0.2, 0.25) is 0 Å². The molecule has 2 aliphatic rings. The number of anilines is 1. The first-order valence-electron chi connectivity index (χ1n) is 14.4. The van der Waals surface area contributed by atoms with E-state index in [4.69, 9.17) is 9.97 Å². The zero-order chi connectivity index (χ0) is 25.8. The van der Waals surface area contributed by atoms with Gasteiger partial charge in [-0.25, -0.2) is 4.98 Å². The summed E-state index contributed by atoms with van der Waals surface area (Å²) >= 11 is 0. The van der Waals surface area contributed by atoms with Crippen molar-refractivity contribution >= 4 is 17.0 Å². The first-order valence-corrected chi connectivity index (χ1v) is 14.4. The molecular formula is C30H44N6O. The van der Waals surface area contributed by atoms with Crippen LogP contribution in [0.5, 0.6) is 0 Å². The van der Waals surface area contributed by atoms with Crippen LogP contribution >= 0.6 is 0 Å². The van der Waals surface area contributed by atoms with Crippen LogP contribution in [0.4, 0.5) is 5.95 Å². The average molecular weight is 505 g/mol. The van der Waals surface area contributed by atoms with Crippen LogP contribution in [0.25, 0.3) is 22.2 Å². The van der Waals surface area contributed by atoms with Gasteiger partial charge in [0, 0.05) is 68.2 Å². The second-order valence-corrected chi connectivity index (χ2v) is 11.2. The molecule has 0 radical (unpaired) electrons. The van der Waals surface area contributed by atoms with E-state index in [2.05, 4.69) is 71.0 Å². The number of piperazine rings is 1. The zero-order valence-electron chi connectivity index (χ0n) is 22.9. The van der Waals surface area contributed by atoms with E-state index < -0.39 is 0 Å². The van der Waals surface area contributed by atoms with Gasteiger partial charge in [-0.1, -0.05) is 44.5 Å². The Morgan fingerprint density at radius 1 is 1.03 bits per heavy atom. The smallest absolute Gasteiger partial charge is 0.224 e. The summed E-state index contributed by atoms with van der Waals surface area (Å²) in [4.78, 5) is 14.7. The number of hydrogen-bond donors (Lipinski definition) is 2. The maximum Gasteiger partial charge on any atom is 0.224 e. The summed E-state index contributed by atoms with van der Waals surface area (Å²) < 4.78 is 2.36. The molecule has 1 saturated heterocycles. The largest absolute Gasteiger partial charge is 0.393 e. The third-order valence-electron chi connectivity index (χ3n) is 8.36. The summed E-state index contributed by atoms with van der Waals surface area (Å²) in [5.41, 5.74) is 4.77. The number of aliphatic hydroxyl groups excluding tert-OH is 1. The van der Waals surface area contributed by atoms with Crippen molar-refractivity contribution in [2.24, 2.45) is 0 Å². The monoisotopic (exact) mass is 504 g/mol. The van der Waals surface area contributed by atoms with Gasteiger partial charge in [0.25, 0.3) is 0 Å². The maximum absolute atomic E-state index is 10.1. The van der Waals surface area contributed by atoms with Gasteiger partial charge >= 0.3 is 0 Å². The van der Waals surface area contributed by atoms with E-state index in [0.29, 0.717) is 12.1 Å². The van der Waals surface area contributed by atoms with Crippen LogP contribution in [0.1, 0.15) is 70.4 Å². The van der Waals surface area contributed by atoms with Gasteiger partial charge in [0.2, 0.25) is 5.95 Å². The highest BCUT2D eigenvalue weighted by molar-refractivity contribution is 5.94. The molecule has 1 aromatic carbocycles. The van der Waals surface area contributed by atoms with Crippen molar-refractivity contribution in [3.05, 3.63) is 42.2 Å². The molecule has 0 bridgehead atoms. The average Bonchev–Trinajstić information content (AvgIpc) is 3.29. The highest BCUT2D eigenvalue weighted by Crippen LogP contribution is 2.37. The van der Waals surface area contributed by atoms with Crippen LogP contribution in [-0.2, 0) is 6.54 Å². The lowest BCUT2D eigenvalue weighted by Crippen LogP contribution is -2.43. The predicted molar refractivity (Wildman–Crippen MR) is 152 cm³/mol. The summed E-state index contributed by atoms with van der Waals surface area (Å²) in [6, 6.07) is 9.83. The van der Waals surface area contributed by atoms with E-state index in [-0.39, 0.29) is 6.10 Å². The Hall–Kier alpha value is -2.48. The molecule has 7 heteroatoms. The Labute approximate surface area is 221 Å². The van der Waals surface area contributed by atoms with Crippen LogP contribution in [-0.4, -0.2) is 74.8 Å². The fourth-order valence-electron chi connectivity index (χ4n) is 5.91. The van der Waals surface area contributed by atoms with E-state index in [0.717, 1.165) is 94.7 Å². The quantitative estimate of drug-likeness (QED) is 0.411. The predicted octanol–water partition coefficient (Wildman–Crippen LogP) is 5.31. The lowest BCUT2D eigenvalue weighted by molar-refractivity contribution is 0.111. The number of benzene rings is 1. The summed E-state index contributed by atoms with van der Waals surface area (Å²) in [5, 5.41) is 14.8. The maximum atomic E-state index is 10.1. The number of nitrogens with one attached hydrogen (secondary N) is 1. The normalized spacial score (nSPS) is 22.4. The fourth-order valence-corrected chi connectivity index (χ4v) is 5.91. The molecule has 3 aromatic rings. The van der Waals surface area contributed by atoms with Gasteiger partial charge in [-0.3, -0.25) is 4.90 Å². The van der Waals surface area contributed by atoms with Crippen molar-refractivity contribution in [2.45, 2.75) is 83.5 Å². The summed E-state index contributed by atoms with van der Waals surface area (Å²) in [6.45, 7) is 10.00. The number of nitrogens with zero attached hydrogens (tertiary/aromatic N) is 5. The summed E-state index contributed by atoms with van der Waals surface area (Å²) in [6.07, 6.45) is 11.1. The molecule has 37 heavy (non-hydrogen) atoms. The zero-order valence-corrected chi connectivity index (χ0v) is 22.9.